The van der Waals surface area contributed by atoms with Crippen molar-refractivity contribution < 1.29 is 27.5 Å². The summed E-state index contributed by atoms with van der Waals surface area (Å²) in [5, 5.41) is 5.55. The van der Waals surface area contributed by atoms with Gasteiger partial charge in [-0.05, 0) is 43.2 Å². The molecule has 1 aromatic heterocycles. The number of benzene rings is 2. The van der Waals surface area contributed by atoms with Crippen LogP contribution in [0.2, 0.25) is 0 Å². The molecule has 3 atom stereocenters. The van der Waals surface area contributed by atoms with Gasteiger partial charge in [0.05, 0.1) is 18.3 Å². The molecule has 0 bridgehead atoms. The Hall–Kier alpha value is -3.86. The van der Waals surface area contributed by atoms with E-state index in [1.165, 1.54) is 13.8 Å². The van der Waals surface area contributed by atoms with Gasteiger partial charge in [-0.15, -0.1) is 0 Å². The SMILES string of the molecule is COc1cccc(CNC(=O)C(Cc2c[nH]c3ccccc23)NC(=O)C2N3C(=O)CC3S(=O)(=O)C2(C)C)c1. The number of methoxy groups -OCH3 is 1. The smallest absolute Gasteiger partial charge is 0.245 e. The second-order valence-corrected chi connectivity index (χ2v) is 12.9. The van der Waals surface area contributed by atoms with Gasteiger partial charge in [0.2, 0.25) is 17.7 Å². The lowest BCUT2D eigenvalue weighted by Crippen LogP contribution is -2.61. The van der Waals surface area contributed by atoms with E-state index in [0.717, 1.165) is 26.9 Å². The van der Waals surface area contributed by atoms with E-state index in [9.17, 15) is 22.8 Å². The minimum Gasteiger partial charge on any atom is -0.497 e. The molecule has 3 unspecified atom stereocenters. The molecule has 0 aliphatic carbocycles. The average molecular weight is 539 g/mol. The first-order valence-corrected chi connectivity index (χ1v) is 13.9. The first-order chi connectivity index (χ1) is 18.0. The highest BCUT2D eigenvalue weighted by molar-refractivity contribution is 7.93. The molecule has 2 aliphatic rings. The number of amides is 3. The molecule has 10 nitrogen and oxygen atoms in total. The second-order valence-electron chi connectivity index (χ2n) is 10.2. The summed E-state index contributed by atoms with van der Waals surface area (Å²) >= 11 is 0. The van der Waals surface area contributed by atoms with Crippen LogP contribution in [-0.2, 0) is 37.2 Å². The molecule has 38 heavy (non-hydrogen) atoms. The maximum absolute atomic E-state index is 13.6. The van der Waals surface area contributed by atoms with E-state index in [1.54, 1.807) is 25.4 Å². The number of nitrogens with zero attached hydrogens (tertiary/aromatic N) is 1. The predicted molar refractivity (Wildman–Crippen MR) is 141 cm³/mol. The Morgan fingerprint density at radius 2 is 1.95 bits per heavy atom. The molecule has 3 amide bonds. The van der Waals surface area contributed by atoms with Gasteiger partial charge in [0, 0.05) is 30.1 Å². The molecular formula is C27H30N4O6S. The molecule has 3 N–H and O–H groups in total. The summed E-state index contributed by atoms with van der Waals surface area (Å²) in [6.07, 6.45) is 1.82. The number of para-hydroxylation sites is 1. The third-order valence-corrected chi connectivity index (χ3v) is 10.4. The van der Waals surface area contributed by atoms with Crippen molar-refractivity contribution in [3.8, 4) is 5.75 Å². The lowest BCUT2D eigenvalue weighted by Gasteiger charge is -2.37. The topological polar surface area (TPSA) is 138 Å². The molecule has 11 heteroatoms. The van der Waals surface area contributed by atoms with Crippen molar-refractivity contribution in [3.05, 3.63) is 65.9 Å². The molecular weight excluding hydrogens is 508 g/mol. The van der Waals surface area contributed by atoms with Crippen molar-refractivity contribution in [2.75, 3.05) is 7.11 Å². The highest BCUT2D eigenvalue weighted by Gasteiger charge is 2.67. The van der Waals surface area contributed by atoms with E-state index < -0.39 is 43.9 Å². The fourth-order valence-electron chi connectivity index (χ4n) is 5.33. The fraction of sp³-hybridized carbons (Fsp3) is 0.370. The number of carbonyl (C=O) groups is 3. The van der Waals surface area contributed by atoms with Crippen LogP contribution >= 0.6 is 0 Å². The molecule has 3 heterocycles. The van der Waals surface area contributed by atoms with E-state index in [1.807, 2.05) is 36.4 Å². The van der Waals surface area contributed by atoms with Crippen molar-refractivity contribution in [1.29, 1.82) is 0 Å². The third kappa shape index (κ3) is 4.20. The second kappa shape index (κ2) is 9.46. The monoisotopic (exact) mass is 538 g/mol. The fourth-order valence-corrected chi connectivity index (χ4v) is 7.46. The summed E-state index contributed by atoms with van der Waals surface area (Å²) in [7, 11) is -2.20. The maximum atomic E-state index is 13.6. The van der Waals surface area contributed by atoms with E-state index >= 15 is 0 Å². The van der Waals surface area contributed by atoms with Crippen LogP contribution in [0.3, 0.4) is 0 Å². The summed E-state index contributed by atoms with van der Waals surface area (Å²) in [5.74, 6) is -0.842. The Labute approximate surface area is 220 Å². The normalized spacial score (nSPS) is 21.9. The van der Waals surface area contributed by atoms with Gasteiger partial charge in [-0.1, -0.05) is 30.3 Å². The first-order valence-electron chi connectivity index (χ1n) is 12.3. The molecule has 3 aromatic rings. The number of nitrogens with one attached hydrogen (secondary N) is 3. The number of β-lactam (4-membered cyclic amide) rings is 1. The molecule has 2 aromatic carbocycles. The molecule has 2 fully saturated rings. The van der Waals surface area contributed by atoms with Crippen molar-refractivity contribution in [2.24, 2.45) is 0 Å². The number of aromatic amines is 1. The molecule has 5 rings (SSSR count). The van der Waals surface area contributed by atoms with Gasteiger partial charge in [-0.25, -0.2) is 8.42 Å². The van der Waals surface area contributed by atoms with Gasteiger partial charge in [-0.2, -0.15) is 0 Å². The van der Waals surface area contributed by atoms with Crippen LogP contribution in [0.15, 0.2) is 54.7 Å². The van der Waals surface area contributed by atoms with Gasteiger partial charge < -0.3 is 25.3 Å². The van der Waals surface area contributed by atoms with E-state index in [4.69, 9.17) is 4.74 Å². The van der Waals surface area contributed by atoms with Crippen LogP contribution in [-0.4, -0.2) is 65.3 Å². The van der Waals surface area contributed by atoms with Crippen molar-refractivity contribution >= 4 is 38.5 Å². The summed E-state index contributed by atoms with van der Waals surface area (Å²) in [6, 6.07) is 12.6. The minimum absolute atomic E-state index is 0.130. The van der Waals surface area contributed by atoms with Crippen LogP contribution < -0.4 is 15.4 Å². The Morgan fingerprint density at radius 1 is 1.18 bits per heavy atom. The molecule has 2 aliphatic heterocycles. The van der Waals surface area contributed by atoms with E-state index in [2.05, 4.69) is 15.6 Å². The van der Waals surface area contributed by atoms with Crippen molar-refractivity contribution in [2.45, 2.75) is 55.4 Å². The van der Waals surface area contributed by atoms with E-state index in [0.29, 0.717) is 5.75 Å². The minimum atomic E-state index is -3.75. The highest BCUT2D eigenvalue weighted by Crippen LogP contribution is 2.45. The first kappa shape index (κ1) is 25.8. The largest absolute Gasteiger partial charge is 0.497 e. The Kier molecular flexibility index (Phi) is 6.42. The number of rotatable bonds is 8. The molecule has 2 saturated heterocycles. The number of aromatic nitrogens is 1. The number of H-pyrrole nitrogens is 1. The quantitative estimate of drug-likeness (QED) is 0.373. The number of hydrogen-bond acceptors (Lipinski definition) is 6. The standard InChI is InChI=1S/C27H30N4O6S/c1-27(2)24(31-22(32)13-23(31)38(27,35)36)26(34)30-21(12-17-15-28-20-10-5-4-9-19(17)20)25(33)29-14-16-7-6-8-18(11-16)37-3/h4-11,15,21,23-24,28H,12-14H2,1-3H3,(H,29,33)(H,30,34). The number of carbonyl (C=O) groups excluding carboxylic acids is 3. The summed E-state index contributed by atoms with van der Waals surface area (Å²) in [5.41, 5.74) is 2.52. The average Bonchev–Trinajstić information content (AvgIpc) is 3.35. The maximum Gasteiger partial charge on any atom is 0.245 e. The summed E-state index contributed by atoms with van der Waals surface area (Å²) < 4.78 is 29.8. The van der Waals surface area contributed by atoms with Crippen molar-refractivity contribution in [3.63, 3.8) is 0 Å². The van der Waals surface area contributed by atoms with Gasteiger partial charge in [-0.3, -0.25) is 14.4 Å². The molecule has 200 valence electrons. The van der Waals surface area contributed by atoms with Crippen LogP contribution in [0.25, 0.3) is 10.9 Å². The van der Waals surface area contributed by atoms with Crippen LogP contribution in [0, 0.1) is 0 Å². The lowest BCUT2D eigenvalue weighted by atomic mass is 9.96. The van der Waals surface area contributed by atoms with Gasteiger partial charge in [0.15, 0.2) is 9.84 Å². The van der Waals surface area contributed by atoms with Crippen LogP contribution in [0.4, 0.5) is 0 Å². The number of sulfone groups is 1. The Morgan fingerprint density at radius 3 is 2.68 bits per heavy atom. The van der Waals surface area contributed by atoms with Gasteiger partial charge >= 0.3 is 0 Å². The zero-order valence-corrected chi connectivity index (χ0v) is 22.2. The Bertz CT molecular complexity index is 1530. The number of hydrogen-bond donors (Lipinski definition) is 3. The van der Waals surface area contributed by atoms with Crippen LogP contribution in [0.5, 0.6) is 5.75 Å². The summed E-state index contributed by atoms with van der Waals surface area (Å²) in [4.78, 5) is 43.6. The summed E-state index contributed by atoms with van der Waals surface area (Å²) in [6.45, 7) is 3.11. The predicted octanol–water partition coefficient (Wildman–Crippen LogP) is 1.65. The number of fused-ring (bicyclic) bond motifs is 2. The highest BCUT2D eigenvalue weighted by atomic mass is 32.2. The van der Waals surface area contributed by atoms with Gasteiger partial charge in [0.1, 0.15) is 23.2 Å². The molecule has 0 saturated carbocycles. The van der Waals surface area contributed by atoms with Crippen molar-refractivity contribution in [1.82, 2.24) is 20.5 Å². The van der Waals surface area contributed by atoms with Crippen LogP contribution in [0.1, 0.15) is 31.4 Å². The molecule has 0 radical (unpaired) electrons. The Balaban J connectivity index is 1.40. The molecule has 0 spiro atoms. The van der Waals surface area contributed by atoms with Gasteiger partial charge in [0.25, 0.3) is 0 Å². The lowest BCUT2D eigenvalue weighted by molar-refractivity contribution is -0.150. The zero-order chi connectivity index (χ0) is 27.2. The van der Waals surface area contributed by atoms with E-state index in [-0.39, 0.29) is 25.3 Å². The number of ether oxygens (including phenoxy) is 1. The third-order valence-electron chi connectivity index (χ3n) is 7.56. The zero-order valence-electron chi connectivity index (χ0n) is 21.4.